The molecule has 23 heavy (non-hydrogen) atoms. The summed E-state index contributed by atoms with van der Waals surface area (Å²) in [6.45, 7) is 9.87. The van der Waals surface area contributed by atoms with Gasteiger partial charge in [0.2, 0.25) is 5.91 Å². The Morgan fingerprint density at radius 3 is 2.52 bits per heavy atom. The van der Waals surface area contributed by atoms with Crippen molar-refractivity contribution in [1.29, 1.82) is 0 Å². The fraction of sp³-hybridized carbons (Fsp3) is 0.588. The summed E-state index contributed by atoms with van der Waals surface area (Å²) in [4.78, 5) is 16.9. The van der Waals surface area contributed by atoms with E-state index in [0.717, 1.165) is 32.7 Å². The number of rotatable bonds is 6. The Morgan fingerprint density at radius 2 is 1.91 bits per heavy atom. The number of ether oxygens (including phenoxy) is 1. The Hall–Kier alpha value is -1.30. The highest BCUT2D eigenvalue weighted by atomic mass is 35.5. The highest BCUT2D eigenvalue weighted by Gasteiger charge is 2.19. The van der Waals surface area contributed by atoms with Crippen molar-refractivity contribution in [2.45, 2.75) is 13.8 Å². The average Bonchev–Trinajstić information content (AvgIpc) is 2.49. The van der Waals surface area contributed by atoms with Gasteiger partial charge in [0.1, 0.15) is 5.75 Å². The van der Waals surface area contributed by atoms with E-state index in [2.05, 4.69) is 29.0 Å². The molecule has 0 bridgehead atoms. The summed E-state index contributed by atoms with van der Waals surface area (Å²) in [5.41, 5.74) is 0.614. The SMILES string of the molecule is COc1ccc(Cl)cc1NC(=O)CN1CCN(CC(C)C)CC1. The number of nitrogens with one attached hydrogen (secondary N) is 1. The summed E-state index contributed by atoms with van der Waals surface area (Å²) >= 11 is 5.98. The lowest BCUT2D eigenvalue weighted by Crippen LogP contribution is -2.49. The Bertz CT molecular complexity index is 529. The van der Waals surface area contributed by atoms with Crippen LogP contribution in [0.15, 0.2) is 18.2 Å². The zero-order valence-electron chi connectivity index (χ0n) is 14.1. The molecule has 0 saturated carbocycles. The summed E-state index contributed by atoms with van der Waals surface area (Å²) in [6, 6.07) is 5.20. The van der Waals surface area contributed by atoms with Crippen molar-refractivity contribution >= 4 is 23.2 Å². The Labute approximate surface area is 143 Å². The van der Waals surface area contributed by atoms with Crippen molar-refractivity contribution in [3.05, 3.63) is 23.2 Å². The topological polar surface area (TPSA) is 44.8 Å². The molecule has 0 aliphatic carbocycles. The summed E-state index contributed by atoms with van der Waals surface area (Å²) < 4.78 is 5.25. The van der Waals surface area contributed by atoms with Crippen molar-refractivity contribution in [2.75, 3.05) is 51.7 Å². The van der Waals surface area contributed by atoms with Crippen LogP contribution < -0.4 is 10.1 Å². The third-order valence-corrected chi connectivity index (χ3v) is 4.13. The predicted octanol–water partition coefficient (Wildman–Crippen LogP) is 2.56. The summed E-state index contributed by atoms with van der Waals surface area (Å²) in [5.74, 6) is 1.26. The number of methoxy groups -OCH3 is 1. The number of hydrogen-bond donors (Lipinski definition) is 1. The van der Waals surface area contributed by atoms with Crippen LogP contribution in [0.25, 0.3) is 0 Å². The van der Waals surface area contributed by atoms with Gasteiger partial charge in [-0.05, 0) is 24.1 Å². The normalized spacial score (nSPS) is 16.6. The largest absolute Gasteiger partial charge is 0.495 e. The number of nitrogens with zero attached hydrogens (tertiary/aromatic N) is 2. The molecular weight excluding hydrogens is 314 g/mol. The van der Waals surface area contributed by atoms with Gasteiger partial charge in [-0.3, -0.25) is 9.69 Å². The van der Waals surface area contributed by atoms with Crippen molar-refractivity contribution < 1.29 is 9.53 Å². The Kier molecular flexibility index (Phi) is 6.69. The first-order chi connectivity index (χ1) is 11.0. The number of hydrogen-bond acceptors (Lipinski definition) is 4. The van der Waals surface area contributed by atoms with Crippen LogP contribution in [0.5, 0.6) is 5.75 Å². The molecule has 2 rings (SSSR count). The van der Waals surface area contributed by atoms with Gasteiger partial charge in [-0.25, -0.2) is 0 Å². The van der Waals surface area contributed by atoms with Crippen LogP contribution in [-0.4, -0.2) is 62.1 Å². The molecule has 1 heterocycles. The van der Waals surface area contributed by atoms with Crippen LogP contribution in [0.3, 0.4) is 0 Å². The van der Waals surface area contributed by atoms with E-state index < -0.39 is 0 Å². The van der Waals surface area contributed by atoms with Gasteiger partial charge in [0.05, 0.1) is 19.3 Å². The quantitative estimate of drug-likeness (QED) is 0.865. The summed E-state index contributed by atoms with van der Waals surface area (Å²) in [5, 5.41) is 3.46. The van der Waals surface area contributed by atoms with E-state index in [4.69, 9.17) is 16.3 Å². The molecule has 1 aliphatic rings. The maximum Gasteiger partial charge on any atom is 0.238 e. The third-order valence-electron chi connectivity index (χ3n) is 3.89. The third kappa shape index (κ3) is 5.68. The lowest BCUT2D eigenvalue weighted by atomic mass is 10.2. The molecule has 5 nitrogen and oxygen atoms in total. The van der Waals surface area contributed by atoms with Gasteiger partial charge in [0.25, 0.3) is 0 Å². The molecule has 1 aromatic carbocycles. The fourth-order valence-corrected chi connectivity index (χ4v) is 2.99. The van der Waals surface area contributed by atoms with E-state index in [1.807, 2.05) is 0 Å². The molecule has 1 N–H and O–H groups in total. The van der Waals surface area contributed by atoms with Crippen molar-refractivity contribution in [2.24, 2.45) is 5.92 Å². The first kappa shape index (κ1) is 18.0. The maximum absolute atomic E-state index is 12.3. The first-order valence-electron chi connectivity index (χ1n) is 8.06. The van der Waals surface area contributed by atoms with E-state index in [-0.39, 0.29) is 5.91 Å². The number of halogens is 1. The highest BCUT2D eigenvalue weighted by molar-refractivity contribution is 6.31. The van der Waals surface area contributed by atoms with E-state index in [1.54, 1.807) is 25.3 Å². The number of carbonyl (C=O) groups is 1. The smallest absolute Gasteiger partial charge is 0.238 e. The maximum atomic E-state index is 12.3. The monoisotopic (exact) mass is 339 g/mol. The van der Waals surface area contributed by atoms with Gasteiger partial charge in [0.15, 0.2) is 0 Å². The summed E-state index contributed by atoms with van der Waals surface area (Å²) in [7, 11) is 1.58. The minimum absolute atomic E-state index is 0.0390. The molecule has 6 heteroatoms. The van der Waals surface area contributed by atoms with Crippen LogP contribution in [0.1, 0.15) is 13.8 Å². The van der Waals surface area contributed by atoms with Crippen LogP contribution >= 0.6 is 11.6 Å². The molecule has 1 amide bonds. The van der Waals surface area contributed by atoms with Crippen molar-refractivity contribution in [3.8, 4) is 5.75 Å². The molecule has 0 unspecified atom stereocenters. The first-order valence-corrected chi connectivity index (χ1v) is 8.44. The van der Waals surface area contributed by atoms with Gasteiger partial charge < -0.3 is 15.0 Å². The molecule has 0 atom stereocenters. The van der Waals surface area contributed by atoms with Crippen molar-refractivity contribution in [1.82, 2.24) is 9.80 Å². The second-order valence-electron chi connectivity index (χ2n) is 6.36. The van der Waals surface area contributed by atoms with Crippen LogP contribution in [0, 0.1) is 5.92 Å². The van der Waals surface area contributed by atoms with Gasteiger partial charge in [-0.1, -0.05) is 25.4 Å². The standard InChI is InChI=1S/C17H26ClN3O2/c1-13(2)11-20-6-8-21(9-7-20)12-17(22)19-15-10-14(18)4-5-16(15)23-3/h4-5,10,13H,6-9,11-12H2,1-3H3,(H,19,22). The average molecular weight is 340 g/mol. The Balaban J connectivity index is 1.83. The zero-order chi connectivity index (χ0) is 16.8. The number of carbonyl (C=O) groups excluding carboxylic acids is 1. The molecule has 128 valence electrons. The molecule has 1 aromatic rings. The molecule has 0 aromatic heterocycles. The van der Waals surface area contributed by atoms with Gasteiger partial charge in [-0.2, -0.15) is 0 Å². The number of amides is 1. The van der Waals surface area contributed by atoms with E-state index in [9.17, 15) is 4.79 Å². The highest BCUT2D eigenvalue weighted by Crippen LogP contribution is 2.27. The number of anilines is 1. The summed E-state index contributed by atoms with van der Waals surface area (Å²) in [6.07, 6.45) is 0. The molecule has 1 saturated heterocycles. The van der Waals surface area contributed by atoms with Crippen LogP contribution in [0.2, 0.25) is 5.02 Å². The molecule has 0 spiro atoms. The minimum atomic E-state index is -0.0390. The second-order valence-corrected chi connectivity index (χ2v) is 6.80. The second kappa shape index (κ2) is 8.52. The number of piperazine rings is 1. The molecular formula is C17H26ClN3O2. The van der Waals surface area contributed by atoms with E-state index >= 15 is 0 Å². The molecule has 0 radical (unpaired) electrons. The van der Waals surface area contributed by atoms with Crippen molar-refractivity contribution in [3.63, 3.8) is 0 Å². The van der Waals surface area contributed by atoms with Gasteiger partial charge in [0, 0.05) is 37.7 Å². The van der Waals surface area contributed by atoms with E-state index in [1.165, 1.54) is 0 Å². The van der Waals surface area contributed by atoms with Gasteiger partial charge >= 0.3 is 0 Å². The van der Waals surface area contributed by atoms with E-state index in [0.29, 0.717) is 28.9 Å². The lowest BCUT2D eigenvalue weighted by Gasteiger charge is -2.35. The van der Waals surface area contributed by atoms with Gasteiger partial charge in [-0.15, -0.1) is 0 Å². The number of benzene rings is 1. The Morgan fingerprint density at radius 1 is 1.26 bits per heavy atom. The molecule has 1 aliphatic heterocycles. The fourth-order valence-electron chi connectivity index (χ4n) is 2.82. The molecule has 1 fully saturated rings. The lowest BCUT2D eigenvalue weighted by molar-refractivity contribution is -0.117. The zero-order valence-corrected chi connectivity index (χ0v) is 14.9. The van der Waals surface area contributed by atoms with Crippen LogP contribution in [-0.2, 0) is 4.79 Å². The minimum Gasteiger partial charge on any atom is -0.495 e. The predicted molar refractivity (Wildman–Crippen MR) is 94.4 cm³/mol. The van der Waals surface area contributed by atoms with Crippen LogP contribution in [0.4, 0.5) is 5.69 Å².